The summed E-state index contributed by atoms with van der Waals surface area (Å²) in [6.45, 7) is 9.03. The molecular weight excluding hydrogens is 405 g/mol. The molecule has 1 aliphatic heterocycles. The quantitative estimate of drug-likeness (QED) is 0.476. The largest absolute Gasteiger partial charge is 0.407 e. The lowest BCUT2D eigenvalue weighted by atomic mass is 9.93. The van der Waals surface area contributed by atoms with Crippen LogP contribution >= 0.6 is 0 Å². The molecule has 6 heteroatoms. The first kappa shape index (κ1) is 21.8. The molecule has 0 bridgehead atoms. The number of hydrogen-bond donors (Lipinski definition) is 1. The van der Waals surface area contributed by atoms with Gasteiger partial charge in [0, 0.05) is 37.7 Å². The van der Waals surface area contributed by atoms with Gasteiger partial charge in [-0.2, -0.15) is 4.39 Å². The minimum absolute atomic E-state index is 0.0712. The number of hydrogen-bond acceptors (Lipinski definition) is 4. The van der Waals surface area contributed by atoms with Gasteiger partial charge < -0.3 is 9.74 Å². The van der Waals surface area contributed by atoms with Gasteiger partial charge in [-0.25, -0.2) is 9.97 Å². The second-order valence-corrected chi connectivity index (χ2v) is 13.6. The van der Waals surface area contributed by atoms with Crippen molar-refractivity contribution in [2.45, 2.75) is 31.7 Å². The maximum absolute atomic E-state index is 13.7. The number of nitrogens with one attached hydrogen (secondary N) is 1. The zero-order valence-electron chi connectivity index (χ0n) is 18.4. The van der Waals surface area contributed by atoms with E-state index in [1.165, 1.54) is 16.6 Å². The molecule has 4 nitrogen and oxygen atoms in total. The third-order valence-corrected chi connectivity index (χ3v) is 11.3. The first-order valence-corrected chi connectivity index (χ1v) is 12.8. The third kappa shape index (κ3) is 4.33. The molecule has 3 aromatic rings. The van der Waals surface area contributed by atoms with E-state index in [4.69, 9.17) is 4.43 Å². The summed E-state index contributed by atoms with van der Waals surface area (Å²) in [7, 11) is -2.59. The van der Waals surface area contributed by atoms with Crippen LogP contribution in [0.25, 0.3) is 0 Å². The number of aromatic nitrogens is 2. The van der Waals surface area contributed by atoms with Crippen molar-refractivity contribution < 1.29 is 8.82 Å². The van der Waals surface area contributed by atoms with Crippen molar-refractivity contribution in [3.63, 3.8) is 0 Å². The molecule has 4 rings (SSSR count). The van der Waals surface area contributed by atoms with Gasteiger partial charge in [0.05, 0.1) is 5.69 Å². The number of rotatable bonds is 6. The SMILES string of the molecule is CC(C)(C)[Si](OCC1CNC[C@@H]1c1ccnc(F)n1)(c1ccccc1)c1ccccc1. The molecule has 0 aliphatic carbocycles. The Hall–Kier alpha value is -2.41. The molecule has 1 aliphatic rings. The summed E-state index contributed by atoms with van der Waals surface area (Å²) >= 11 is 0. The highest BCUT2D eigenvalue weighted by Gasteiger charge is 2.50. The van der Waals surface area contributed by atoms with E-state index in [0.29, 0.717) is 6.61 Å². The summed E-state index contributed by atoms with van der Waals surface area (Å²) in [5.41, 5.74) is 0.744. The van der Waals surface area contributed by atoms with Crippen LogP contribution in [0.3, 0.4) is 0 Å². The molecule has 1 N–H and O–H groups in total. The van der Waals surface area contributed by atoms with E-state index in [1.807, 2.05) is 6.07 Å². The highest BCUT2D eigenvalue weighted by Crippen LogP contribution is 2.38. The van der Waals surface area contributed by atoms with Crippen molar-refractivity contribution in [2.24, 2.45) is 5.92 Å². The van der Waals surface area contributed by atoms with Gasteiger partial charge in [-0.3, -0.25) is 0 Å². The summed E-state index contributed by atoms with van der Waals surface area (Å²) < 4.78 is 20.7. The highest BCUT2D eigenvalue weighted by molar-refractivity contribution is 6.99. The lowest BCUT2D eigenvalue weighted by Gasteiger charge is -2.43. The van der Waals surface area contributed by atoms with Crippen LogP contribution in [0, 0.1) is 12.0 Å². The maximum atomic E-state index is 13.7. The summed E-state index contributed by atoms with van der Waals surface area (Å²) in [5, 5.41) is 5.91. The van der Waals surface area contributed by atoms with Gasteiger partial charge in [0.1, 0.15) is 0 Å². The minimum atomic E-state index is -2.59. The molecule has 2 aromatic carbocycles. The molecule has 162 valence electrons. The summed E-state index contributed by atoms with van der Waals surface area (Å²) in [4.78, 5) is 7.66. The Labute approximate surface area is 185 Å². The van der Waals surface area contributed by atoms with Crippen molar-refractivity contribution in [2.75, 3.05) is 19.7 Å². The maximum Gasteiger partial charge on any atom is 0.308 e. The Balaban J connectivity index is 1.70. The number of nitrogens with zero attached hydrogens (tertiary/aromatic N) is 2. The molecule has 0 spiro atoms. The fourth-order valence-corrected chi connectivity index (χ4v) is 9.42. The predicted molar refractivity (Wildman–Crippen MR) is 125 cm³/mol. The molecule has 0 saturated carbocycles. The Bertz CT molecular complexity index is 955. The topological polar surface area (TPSA) is 47.0 Å². The van der Waals surface area contributed by atoms with Crippen LogP contribution < -0.4 is 15.7 Å². The van der Waals surface area contributed by atoms with Gasteiger partial charge in [0.2, 0.25) is 0 Å². The lowest BCUT2D eigenvalue weighted by molar-refractivity contribution is 0.232. The van der Waals surface area contributed by atoms with Gasteiger partial charge in [0.15, 0.2) is 0 Å². The summed E-state index contributed by atoms with van der Waals surface area (Å²) in [5.74, 6) is 0.326. The average molecular weight is 436 g/mol. The van der Waals surface area contributed by atoms with Crippen LogP contribution in [0.5, 0.6) is 0 Å². The molecule has 1 fully saturated rings. The van der Waals surface area contributed by atoms with Crippen molar-refractivity contribution in [3.05, 3.63) is 84.7 Å². The van der Waals surface area contributed by atoms with Crippen LogP contribution in [0.2, 0.25) is 5.04 Å². The predicted octanol–water partition coefficient (Wildman–Crippen LogP) is 3.50. The molecule has 31 heavy (non-hydrogen) atoms. The van der Waals surface area contributed by atoms with Gasteiger partial charge in [-0.1, -0.05) is 81.4 Å². The van der Waals surface area contributed by atoms with Crippen molar-refractivity contribution in [1.29, 1.82) is 0 Å². The Morgan fingerprint density at radius 2 is 1.58 bits per heavy atom. The number of benzene rings is 2. The van der Waals surface area contributed by atoms with E-state index in [1.54, 1.807) is 0 Å². The first-order chi connectivity index (χ1) is 14.9. The van der Waals surface area contributed by atoms with Crippen LogP contribution in [0.4, 0.5) is 4.39 Å². The fraction of sp³-hybridized carbons (Fsp3) is 0.360. The van der Waals surface area contributed by atoms with E-state index in [2.05, 4.69) is 96.7 Å². The smallest absolute Gasteiger partial charge is 0.308 e. The van der Waals surface area contributed by atoms with Gasteiger partial charge in [0.25, 0.3) is 8.32 Å². The van der Waals surface area contributed by atoms with E-state index in [9.17, 15) is 4.39 Å². The van der Waals surface area contributed by atoms with E-state index in [0.717, 1.165) is 18.8 Å². The standard InChI is InChI=1S/C25H30FN3OSi/c1-25(2,3)31(20-10-6-4-7-11-20,21-12-8-5-9-13-21)30-18-19-16-27-17-22(19)23-14-15-28-24(26)29-23/h4-15,19,22,27H,16-18H2,1-3H3/t19?,22-/m0/s1. The molecule has 2 heterocycles. The summed E-state index contributed by atoms with van der Waals surface area (Å²) in [6, 6.07) is 23.1. The highest BCUT2D eigenvalue weighted by atomic mass is 28.4. The first-order valence-electron chi connectivity index (χ1n) is 10.9. The third-order valence-electron chi connectivity index (χ3n) is 6.30. The van der Waals surface area contributed by atoms with Crippen LogP contribution in [-0.2, 0) is 4.43 Å². The monoisotopic (exact) mass is 435 g/mol. The van der Waals surface area contributed by atoms with E-state index < -0.39 is 14.4 Å². The van der Waals surface area contributed by atoms with Crippen LogP contribution in [0.1, 0.15) is 32.4 Å². The van der Waals surface area contributed by atoms with Gasteiger partial charge >= 0.3 is 6.08 Å². The van der Waals surface area contributed by atoms with Crippen molar-refractivity contribution in [1.82, 2.24) is 15.3 Å². The Kier molecular flexibility index (Phi) is 6.32. The molecular formula is C25H30FN3OSi. The molecule has 1 aromatic heterocycles. The molecule has 1 saturated heterocycles. The lowest BCUT2D eigenvalue weighted by Crippen LogP contribution is -2.67. The zero-order valence-corrected chi connectivity index (χ0v) is 19.4. The van der Waals surface area contributed by atoms with E-state index in [-0.39, 0.29) is 16.9 Å². The Morgan fingerprint density at radius 3 is 2.13 bits per heavy atom. The average Bonchev–Trinajstić information content (AvgIpc) is 3.23. The molecule has 0 radical (unpaired) electrons. The minimum Gasteiger partial charge on any atom is -0.407 e. The van der Waals surface area contributed by atoms with E-state index >= 15 is 0 Å². The fourth-order valence-electron chi connectivity index (χ4n) is 4.80. The van der Waals surface area contributed by atoms with Crippen LogP contribution in [-0.4, -0.2) is 38.0 Å². The van der Waals surface area contributed by atoms with Gasteiger partial charge in [-0.15, -0.1) is 0 Å². The second kappa shape index (κ2) is 8.98. The normalized spacial score (nSPS) is 19.5. The molecule has 2 atom stereocenters. The van der Waals surface area contributed by atoms with Crippen LogP contribution in [0.15, 0.2) is 72.9 Å². The molecule has 0 amide bonds. The second-order valence-electron chi connectivity index (χ2n) is 9.25. The summed E-state index contributed by atoms with van der Waals surface area (Å²) in [6.07, 6.45) is 0.826. The zero-order chi connectivity index (χ0) is 21.9. The van der Waals surface area contributed by atoms with Gasteiger partial charge in [-0.05, 0) is 21.5 Å². The Morgan fingerprint density at radius 1 is 0.968 bits per heavy atom. The number of halogens is 1. The van der Waals surface area contributed by atoms with Crippen molar-refractivity contribution >= 4 is 18.7 Å². The molecule has 1 unspecified atom stereocenters. The van der Waals surface area contributed by atoms with Crippen molar-refractivity contribution in [3.8, 4) is 0 Å².